The fourth-order valence-electron chi connectivity index (χ4n) is 2.99. The zero-order chi connectivity index (χ0) is 19.3. The summed E-state index contributed by atoms with van der Waals surface area (Å²) in [7, 11) is 0. The van der Waals surface area contributed by atoms with Crippen molar-refractivity contribution in [1.29, 1.82) is 0 Å². The first-order valence-electron chi connectivity index (χ1n) is 8.90. The lowest BCUT2D eigenvalue weighted by molar-refractivity contribution is -0.128. The van der Waals surface area contributed by atoms with Crippen molar-refractivity contribution in [3.05, 3.63) is 97.6 Å². The number of carbonyl (C=O) groups is 1. The Kier molecular flexibility index (Phi) is 4.85. The van der Waals surface area contributed by atoms with Gasteiger partial charge in [-0.3, -0.25) is 0 Å². The van der Waals surface area contributed by atoms with Gasteiger partial charge in [0.25, 0.3) is 0 Å². The fraction of sp³-hybridized carbons (Fsp3) is 0. The molecule has 28 heavy (non-hydrogen) atoms. The van der Waals surface area contributed by atoms with E-state index in [0.717, 1.165) is 34.2 Å². The highest BCUT2D eigenvalue weighted by molar-refractivity contribution is 5.84. The van der Waals surface area contributed by atoms with Crippen LogP contribution in [0, 0.1) is 0 Å². The average molecular weight is 366 g/mol. The lowest BCUT2D eigenvalue weighted by Gasteiger charge is -2.03. The monoisotopic (exact) mass is 366 g/mol. The number of nitrogens with one attached hydrogen (secondary N) is 1. The third kappa shape index (κ3) is 3.62. The van der Waals surface area contributed by atoms with Crippen LogP contribution in [-0.2, 0) is 4.79 Å². The Morgan fingerprint density at radius 1 is 0.857 bits per heavy atom. The molecule has 3 aromatic carbocycles. The van der Waals surface area contributed by atoms with Crippen molar-refractivity contribution in [3.63, 3.8) is 0 Å². The van der Waals surface area contributed by atoms with E-state index in [-0.39, 0.29) is 0 Å². The first-order valence-corrected chi connectivity index (χ1v) is 8.90. The largest absolute Gasteiger partial charge is 0.423 e. The van der Waals surface area contributed by atoms with Gasteiger partial charge in [0.2, 0.25) is 0 Å². The van der Waals surface area contributed by atoms with Crippen molar-refractivity contribution in [2.45, 2.75) is 0 Å². The number of hydrogen-bond acceptors (Lipinski definition) is 3. The summed E-state index contributed by atoms with van der Waals surface area (Å²) in [6.45, 7) is 3.43. The Morgan fingerprint density at radius 3 is 2.18 bits per heavy atom. The van der Waals surface area contributed by atoms with Crippen LogP contribution >= 0.6 is 0 Å². The lowest BCUT2D eigenvalue weighted by atomic mass is 10.1. The number of hydrogen-bond donors (Lipinski definition) is 1. The summed E-state index contributed by atoms with van der Waals surface area (Å²) in [5.74, 6) is 0.655. The van der Waals surface area contributed by atoms with Crippen LogP contribution < -0.4 is 4.74 Å². The molecule has 1 aromatic heterocycles. The van der Waals surface area contributed by atoms with Gasteiger partial charge in [-0.1, -0.05) is 79.4 Å². The summed E-state index contributed by atoms with van der Waals surface area (Å²) in [6.07, 6.45) is 1.14. The molecule has 0 saturated heterocycles. The third-order valence-electron chi connectivity index (χ3n) is 4.31. The molecule has 0 aliphatic carbocycles. The van der Waals surface area contributed by atoms with E-state index in [0.29, 0.717) is 11.6 Å². The molecule has 1 heterocycles. The van der Waals surface area contributed by atoms with Crippen LogP contribution in [0.2, 0.25) is 0 Å². The molecular formula is C24H18N2O2. The smallest absolute Gasteiger partial charge is 0.335 e. The van der Waals surface area contributed by atoms with Gasteiger partial charge in [-0.2, -0.15) is 0 Å². The van der Waals surface area contributed by atoms with E-state index in [9.17, 15) is 4.79 Å². The summed E-state index contributed by atoms with van der Waals surface area (Å²) in [5.41, 5.74) is 4.71. The van der Waals surface area contributed by atoms with Gasteiger partial charge in [0.15, 0.2) is 0 Å². The van der Waals surface area contributed by atoms with Gasteiger partial charge in [-0.15, -0.1) is 0 Å². The summed E-state index contributed by atoms with van der Waals surface area (Å²) >= 11 is 0. The number of H-pyrrole nitrogens is 1. The van der Waals surface area contributed by atoms with Gasteiger partial charge in [0, 0.05) is 22.8 Å². The molecule has 0 saturated carbocycles. The first-order chi connectivity index (χ1) is 13.7. The van der Waals surface area contributed by atoms with E-state index in [1.54, 1.807) is 12.1 Å². The SMILES string of the molecule is C=CC(=O)Oc1cccc(-c2nc(-c3ccccc3)c(-c3ccccc3)[nH]2)c1. The number of benzene rings is 3. The summed E-state index contributed by atoms with van der Waals surface area (Å²) in [4.78, 5) is 19.8. The molecule has 0 amide bonds. The van der Waals surface area contributed by atoms with Crippen LogP contribution in [0.4, 0.5) is 0 Å². The normalized spacial score (nSPS) is 10.4. The number of ether oxygens (including phenoxy) is 1. The Morgan fingerprint density at radius 2 is 1.50 bits per heavy atom. The molecule has 0 aliphatic heterocycles. The molecule has 4 rings (SSSR count). The van der Waals surface area contributed by atoms with Crippen molar-refractivity contribution in [2.24, 2.45) is 0 Å². The molecule has 136 valence electrons. The molecule has 0 spiro atoms. The Hall–Kier alpha value is -3.92. The average Bonchev–Trinajstić information content (AvgIpc) is 3.21. The number of esters is 1. The second kappa shape index (κ2) is 7.76. The van der Waals surface area contributed by atoms with Gasteiger partial charge < -0.3 is 9.72 Å². The zero-order valence-corrected chi connectivity index (χ0v) is 15.1. The number of aromatic amines is 1. The zero-order valence-electron chi connectivity index (χ0n) is 15.1. The van der Waals surface area contributed by atoms with E-state index in [1.165, 1.54) is 0 Å². The highest BCUT2D eigenvalue weighted by atomic mass is 16.5. The molecule has 0 bridgehead atoms. The lowest BCUT2D eigenvalue weighted by Crippen LogP contribution is -2.02. The van der Waals surface area contributed by atoms with E-state index in [4.69, 9.17) is 9.72 Å². The van der Waals surface area contributed by atoms with E-state index in [2.05, 4.69) is 11.6 Å². The van der Waals surface area contributed by atoms with Crippen molar-refractivity contribution in [3.8, 4) is 39.7 Å². The number of aromatic nitrogens is 2. The maximum Gasteiger partial charge on any atom is 0.335 e. The van der Waals surface area contributed by atoms with Crippen LogP contribution in [0.15, 0.2) is 97.6 Å². The highest BCUT2D eigenvalue weighted by Crippen LogP contribution is 2.33. The maximum atomic E-state index is 11.5. The van der Waals surface area contributed by atoms with Gasteiger partial charge in [0.05, 0.1) is 11.4 Å². The Labute approximate surface area is 163 Å². The molecule has 0 radical (unpaired) electrons. The predicted octanol–water partition coefficient (Wildman–Crippen LogP) is 5.50. The number of imidazole rings is 1. The highest BCUT2D eigenvalue weighted by Gasteiger charge is 2.15. The Bertz CT molecular complexity index is 1060. The minimum Gasteiger partial charge on any atom is -0.423 e. The standard InChI is InChI=1S/C24H18N2O2/c1-2-21(27)28-20-15-9-14-19(16-20)24-25-22(17-10-5-3-6-11-17)23(26-24)18-12-7-4-8-13-18/h2-16H,1H2,(H,25,26). The van der Waals surface area contributed by atoms with Gasteiger partial charge in [0.1, 0.15) is 11.6 Å². The third-order valence-corrected chi connectivity index (χ3v) is 4.31. The topological polar surface area (TPSA) is 55.0 Å². The minimum absolute atomic E-state index is 0.446. The summed E-state index contributed by atoms with van der Waals surface area (Å²) in [5, 5.41) is 0. The second-order valence-corrected chi connectivity index (χ2v) is 6.19. The maximum absolute atomic E-state index is 11.5. The van der Waals surface area contributed by atoms with Crippen LogP contribution in [0.3, 0.4) is 0 Å². The number of carbonyl (C=O) groups excluding carboxylic acids is 1. The van der Waals surface area contributed by atoms with Crippen LogP contribution in [0.1, 0.15) is 0 Å². The molecule has 4 nitrogen and oxygen atoms in total. The van der Waals surface area contributed by atoms with Crippen molar-refractivity contribution >= 4 is 5.97 Å². The van der Waals surface area contributed by atoms with E-state index in [1.807, 2.05) is 72.8 Å². The number of nitrogens with zero attached hydrogens (tertiary/aromatic N) is 1. The van der Waals surface area contributed by atoms with Crippen LogP contribution in [0.5, 0.6) is 5.75 Å². The molecule has 0 aliphatic rings. The quantitative estimate of drug-likeness (QED) is 0.288. The second-order valence-electron chi connectivity index (χ2n) is 6.19. The van der Waals surface area contributed by atoms with Crippen LogP contribution in [-0.4, -0.2) is 15.9 Å². The first kappa shape index (κ1) is 17.5. The van der Waals surface area contributed by atoms with E-state index < -0.39 is 5.97 Å². The van der Waals surface area contributed by atoms with Crippen molar-refractivity contribution in [2.75, 3.05) is 0 Å². The molecule has 0 fully saturated rings. The molecular weight excluding hydrogens is 348 g/mol. The molecule has 4 heteroatoms. The minimum atomic E-state index is -0.494. The molecule has 0 unspecified atom stereocenters. The number of rotatable bonds is 5. The van der Waals surface area contributed by atoms with Gasteiger partial charge in [-0.05, 0) is 12.1 Å². The molecule has 0 atom stereocenters. The van der Waals surface area contributed by atoms with Crippen molar-refractivity contribution in [1.82, 2.24) is 9.97 Å². The van der Waals surface area contributed by atoms with E-state index >= 15 is 0 Å². The molecule has 4 aromatic rings. The van der Waals surface area contributed by atoms with Crippen LogP contribution in [0.25, 0.3) is 33.9 Å². The summed E-state index contributed by atoms with van der Waals surface area (Å²) < 4.78 is 5.23. The van der Waals surface area contributed by atoms with Gasteiger partial charge in [-0.25, -0.2) is 9.78 Å². The Balaban J connectivity index is 1.81. The van der Waals surface area contributed by atoms with Gasteiger partial charge >= 0.3 is 5.97 Å². The molecule has 1 N–H and O–H groups in total. The fourth-order valence-corrected chi connectivity index (χ4v) is 2.99. The summed E-state index contributed by atoms with van der Waals surface area (Å²) in [6, 6.07) is 27.4. The predicted molar refractivity (Wildman–Crippen MR) is 111 cm³/mol. The van der Waals surface area contributed by atoms with Crippen molar-refractivity contribution < 1.29 is 9.53 Å².